The molecule has 2 aromatic carbocycles. The van der Waals surface area contributed by atoms with Crippen molar-refractivity contribution in [1.29, 1.82) is 0 Å². The topological polar surface area (TPSA) is 69.0 Å². The molecule has 1 amide bonds. The van der Waals surface area contributed by atoms with Crippen molar-refractivity contribution in [2.45, 2.75) is 13.5 Å². The van der Waals surface area contributed by atoms with Crippen LogP contribution in [-0.2, 0) is 11.3 Å². The summed E-state index contributed by atoms with van der Waals surface area (Å²) in [5, 5.41) is 0.159. The molecule has 0 spiro atoms. The summed E-state index contributed by atoms with van der Waals surface area (Å²) in [5.41, 5.74) is 1.60. The molecule has 9 heteroatoms. The number of thiocarbonyl (C=S) groups is 1. The highest BCUT2D eigenvalue weighted by molar-refractivity contribution is 8.26. The second-order valence-electron chi connectivity index (χ2n) is 6.88. The molecule has 0 unspecified atom stereocenters. The smallest absolute Gasteiger partial charge is 0.379 e. The maximum atomic E-state index is 13.0. The molecular formula is C24H18ClNO5S2. The van der Waals surface area contributed by atoms with Gasteiger partial charge < -0.3 is 13.9 Å². The Labute approximate surface area is 205 Å². The normalized spacial score (nSPS) is 14.7. The molecule has 6 nitrogen and oxygen atoms in total. The number of esters is 1. The number of hydrogen-bond donors (Lipinski definition) is 0. The highest BCUT2D eigenvalue weighted by Gasteiger charge is 2.32. The molecule has 0 N–H and O–H groups in total. The Morgan fingerprint density at radius 1 is 1.21 bits per heavy atom. The number of furan rings is 1. The summed E-state index contributed by atoms with van der Waals surface area (Å²) in [5.74, 6) is -0.488. The standard InChI is InChI=1S/C24H18ClNO5S2/c1-2-29-19-12-16(11-17(25)21(19)31-23(28)18-9-6-10-30-18)13-20-22(27)26(24(32)33-20)14-15-7-4-3-5-8-15/h3-13H,2,14H2,1H3/b20-13-. The molecular weight excluding hydrogens is 482 g/mol. The monoisotopic (exact) mass is 499 g/mol. The van der Waals surface area contributed by atoms with Crippen LogP contribution in [0, 0.1) is 0 Å². The Balaban J connectivity index is 1.59. The third-order valence-corrected chi connectivity index (χ3v) is 6.26. The lowest BCUT2D eigenvalue weighted by Gasteiger charge is -2.14. The van der Waals surface area contributed by atoms with E-state index in [1.165, 1.54) is 24.1 Å². The SMILES string of the molecule is CCOc1cc(/C=C2\SC(=S)N(Cc3ccccc3)C2=O)cc(Cl)c1OC(=O)c1ccco1. The Morgan fingerprint density at radius 2 is 2.00 bits per heavy atom. The molecule has 2 heterocycles. The quantitative estimate of drug-likeness (QED) is 0.172. The molecule has 168 valence electrons. The lowest BCUT2D eigenvalue weighted by Crippen LogP contribution is -2.27. The molecule has 0 radical (unpaired) electrons. The van der Waals surface area contributed by atoms with E-state index in [9.17, 15) is 9.59 Å². The van der Waals surface area contributed by atoms with Crippen LogP contribution in [0.2, 0.25) is 5.02 Å². The summed E-state index contributed by atoms with van der Waals surface area (Å²) < 4.78 is 16.6. The van der Waals surface area contributed by atoms with Crippen LogP contribution in [0.25, 0.3) is 6.08 Å². The fourth-order valence-electron chi connectivity index (χ4n) is 3.12. The minimum atomic E-state index is -0.697. The van der Waals surface area contributed by atoms with Crippen molar-refractivity contribution in [2.75, 3.05) is 6.61 Å². The molecule has 0 bridgehead atoms. The van der Waals surface area contributed by atoms with Gasteiger partial charge in [0.05, 0.1) is 29.3 Å². The third-order valence-electron chi connectivity index (χ3n) is 4.60. The number of ether oxygens (including phenoxy) is 2. The minimum Gasteiger partial charge on any atom is -0.490 e. The first-order valence-electron chi connectivity index (χ1n) is 9.97. The molecule has 1 aromatic heterocycles. The lowest BCUT2D eigenvalue weighted by molar-refractivity contribution is -0.122. The van der Waals surface area contributed by atoms with Crippen molar-refractivity contribution in [3.8, 4) is 11.5 Å². The first-order valence-corrected chi connectivity index (χ1v) is 11.6. The van der Waals surface area contributed by atoms with Gasteiger partial charge in [0.25, 0.3) is 5.91 Å². The van der Waals surface area contributed by atoms with Gasteiger partial charge in [-0.25, -0.2) is 4.79 Å². The average molecular weight is 500 g/mol. The Morgan fingerprint density at radius 3 is 2.70 bits per heavy atom. The number of rotatable bonds is 7. The van der Waals surface area contributed by atoms with E-state index in [0.717, 1.165) is 5.56 Å². The van der Waals surface area contributed by atoms with Crippen molar-refractivity contribution in [3.05, 3.63) is 87.7 Å². The van der Waals surface area contributed by atoms with Crippen LogP contribution in [0.15, 0.2) is 70.2 Å². The van der Waals surface area contributed by atoms with Crippen LogP contribution in [0.5, 0.6) is 11.5 Å². The number of hydrogen-bond acceptors (Lipinski definition) is 7. The predicted octanol–water partition coefficient (Wildman–Crippen LogP) is 5.95. The Kier molecular flexibility index (Phi) is 7.17. The van der Waals surface area contributed by atoms with Gasteiger partial charge in [-0.15, -0.1) is 0 Å². The number of thioether (sulfide) groups is 1. The second-order valence-corrected chi connectivity index (χ2v) is 8.97. The van der Waals surface area contributed by atoms with Crippen molar-refractivity contribution in [2.24, 2.45) is 0 Å². The zero-order chi connectivity index (χ0) is 23.4. The second kappa shape index (κ2) is 10.2. The van der Waals surface area contributed by atoms with Crippen LogP contribution < -0.4 is 9.47 Å². The van der Waals surface area contributed by atoms with Crippen molar-refractivity contribution >= 4 is 57.9 Å². The molecule has 0 atom stereocenters. The maximum Gasteiger partial charge on any atom is 0.379 e. The average Bonchev–Trinajstić information content (AvgIpc) is 3.42. The van der Waals surface area contributed by atoms with E-state index in [-0.39, 0.29) is 28.2 Å². The number of carbonyl (C=O) groups excluding carboxylic acids is 2. The lowest BCUT2D eigenvalue weighted by atomic mass is 10.1. The Hall–Kier alpha value is -3.07. The highest BCUT2D eigenvalue weighted by Crippen LogP contribution is 2.40. The van der Waals surface area contributed by atoms with E-state index < -0.39 is 5.97 Å². The number of halogens is 1. The van der Waals surface area contributed by atoms with Crippen LogP contribution in [0.1, 0.15) is 28.6 Å². The van der Waals surface area contributed by atoms with Crippen LogP contribution in [0.3, 0.4) is 0 Å². The summed E-state index contributed by atoms with van der Waals surface area (Å²) in [7, 11) is 0. The van der Waals surface area contributed by atoms with Gasteiger partial charge in [0.15, 0.2) is 11.5 Å². The van der Waals surface area contributed by atoms with Crippen LogP contribution in [0.4, 0.5) is 0 Å². The molecule has 33 heavy (non-hydrogen) atoms. The van der Waals surface area contributed by atoms with Crippen molar-refractivity contribution < 1.29 is 23.5 Å². The fourth-order valence-corrected chi connectivity index (χ4v) is 4.64. The van der Waals surface area contributed by atoms with Gasteiger partial charge in [-0.2, -0.15) is 0 Å². The van der Waals surface area contributed by atoms with Crippen LogP contribution in [-0.4, -0.2) is 27.7 Å². The minimum absolute atomic E-state index is 0.0414. The molecule has 1 fully saturated rings. The molecule has 4 rings (SSSR count). The summed E-state index contributed by atoms with van der Waals surface area (Å²) in [4.78, 5) is 27.3. The van der Waals surface area contributed by atoms with E-state index in [1.807, 2.05) is 30.3 Å². The summed E-state index contributed by atoms with van der Waals surface area (Å²) in [6.45, 7) is 2.52. The predicted molar refractivity (Wildman–Crippen MR) is 131 cm³/mol. The summed E-state index contributed by atoms with van der Waals surface area (Å²) in [6, 6.07) is 16.0. The van der Waals surface area contributed by atoms with Gasteiger partial charge in [0, 0.05) is 0 Å². The van der Waals surface area contributed by atoms with Gasteiger partial charge in [0.1, 0.15) is 4.32 Å². The first-order chi connectivity index (χ1) is 16.0. The van der Waals surface area contributed by atoms with E-state index in [0.29, 0.717) is 27.9 Å². The number of carbonyl (C=O) groups is 2. The van der Waals surface area contributed by atoms with Gasteiger partial charge >= 0.3 is 5.97 Å². The third kappa shape index (κ3) is 5.30. The highest BCUT2D eigenvalue weighted by atomic mass is 35.5. The molecule has 0 saturated carbocycles. The molecule has 3 aromatic rings. The van der Waals surface area contributed by atoms with Gasteiger partial charge in [-0.05, 0) is 48.4 Å². The van der Waals surface area contributed by atoms with E-state index in [1.54, 1.807) is 36.1 Å². The van der Waals surface area contributed by atoms with E-state index in [4.69, 9.17) is 37.7 Å². The van der Waals surface area contributed by atoms with E-state index in [2.05, 4.69) is 0 Å². The van der Waals surface area contributed by atoms with Crippen molar-refractivity contribution in [3.63, 3.8) is 0 Å². The summed E-state index contributed by atoms with van der Waals surface area (Å²) >= 11 is 13.1. The largest absolute Gasteiger partial charge is 0.490 e. The molecule has 1 aliphatic heterocycles. The number of amides is 1. The number of benzene rings is 2. The molecule has 1 saturated heterocycles. The maximum absolute atomic E-state index is 13.0. The van der Waals surface area contributed by atoms with Gasteiger partial charge in [-0.3, -0.25) is 9.69 Å². The number of nitrogens with zero attached hydrogens (tertiary/aromatic N) is 1. The Bertz CT molecular complexity index is 1230. The molecule has 1 aliphatic rings. The summed E-state index contributed by atoms with van der Waals surface area (Å²) in [6.07, 6.45) is 3.07. The van der Waals surface area contributed by atoms with Crippen molar-refractivity contribution in [1.82, 2.24) is 4.90 Å². The van der Waals surface area contributed by atoms with Gasteiger partial charge in [-0.1, -0.05) is 65.9 Å². The van der Waals surface area contributed by atoms with E-state index >= 15 is 0 Å². The van der Waals surface area contributed by atoms with Crippen LogP contribution >= 0.6 is 35.6 Å². The zero-order valence-electron chi connectivity index (χ0n) is 17.4. The molecule has 0 aliphatic carbocycles. The zero-order valence-corrected chi connectivity index (χ0v) is 19.8. The fraction of sp³-hybridized carbons (Fsp3) is 0.125. The first kappa shape index (κ1) is 23.1. The van der Waals surface area contributed by atoms with Gasteiger partial charge in [0.2, 0.25) is 5.76 Å².